The van der Waals surface area contributed by atoms with Crippen molar-refractivity contribution >= 4 is 23.6 Å². The number of hydrogen-bond donors (Lipinski definition) is 3. The number of carbonyl (C=O) groups is 2. The molecule has 1 fully saturated rings. The maximum Gasteiger partial charge on any atom is 0.417 e. The Balaban J connectivity index is 1.33. The monoisotopic (exact) mass is 975 g/mol. The van der Waals surface area contributed by atoms with Crippen LogP contribution in [0, 0.1) is 17.8 Å². The van der Waals surface area contributed by atoms with Crippen LogP contribution in [-0.2, 0) is 32.3 Å². The molecule has 0 bridgehead atoms. The number of ether oxygens (including phenoxy) is 7. The minimum absolute atomic E-state index is 0.0153. The van der Waals surface area contributed by atoms with Crippen molar-refractivity contribution in [1.29, 1.82) is 0 Å². The largest absolute Gasteiger partial charge is 0.497 e. The van der Waals surface area contributed by atoms with Gasteiger partial charge in [0.25, 0.3) is 0 Å². The number of fused-ring (bicyclic) bond motifs is 2. The van der Waals surface area contributed by atoms with Crippen LogP contribution in [0.1, 0.15) is 80.9 Å². The molecule has 4 aromatic rings. The summed E-state index contributed by atoms with van der Waals surface area (Å²) in [6.07, 6.45) is 7.68. The SMILES string of the molecule is C=CCO[C@@]12Oc3ccc(OC(=O)Nc4ccc(OC)cc4OC)cc3[C@H]3[C@H](CCCCO)[C@@H](CCCCO)C=C(C(=NOCc4ccccc4)C[C@@H]1N(CCC)C(=O)OCCOCc1ccccc1)[C@H]32. The lowest BCUT2D eigenvalue weighted by atomic mass is 9.55. The first-order chi connectivity index (χ1) is 34.8. The third-order valence-corrected chi connectivity index (χ3v) is 13.4. The van der Waals surface area contributed by atoms with Gasteiger partial charge in [-0.15, -0.1) is 6.58 Å². The van der Waals surface area contributed by atoms with Crippen molar-refractivity contribution < 1.29 is 57.8 Å². The van der Waals surface area contributed by atoms with E-state index in [2.05, 4.69) is 18.0 Å². The number of amides is 2. The highest BCUT2D eigenvalue weighted by Gasteiger charge is 2.65. The minimum atomic E-state index is -1.51. The zero-order valence-electron chi connectivity index (χ0n) is 41.2. The molecular weight excluding hydrogens is 907 g/mol. The number of oxime groups is 1. The molecule has 3 N–H and O–H groups in total. The predicted octanol–water partition coefficient (Wildman–Crippen LogP) is 10.2. The molecule has 15 heteroatoms. The van der Waals surface area contributed by atoms with Gasteiger partial charge < -0.3 is 48.2 Å². The zero-order chi connectivity index (χ0) is 50.0. The van der Waals surface area contributed by atoms with Crippen LogP contribution in [-0.4, -0.2) is 98.6 Å². The lowest BCUT2D eigenvalue weighted by Crippen LogP contribution is -2.70. The van der Waals surface area contributed by atoms with Gasteiger partial charge in [-0.2, -0.15) is 0 Å². The first-order valence-electron chi connectivity index (χ1n) is 24.8. The molecule has 0 radical (unpaired) electrons. The van der Waals surface area contributed by atoms with Crippen LogP contribution < -0.4 is 24.3 Å². The van der Waals surface area contributed by atoms with E-state index in [1.807, 2.05) is 73.7 Å². The van der Waals surface area contributed by atoms with Crippen molar-refractivity contribution in [3.05, 3.63) is 138 Å². The molecule has 0 aromatic heterocycles. The van der Waals surface area contributed by atoms with Gasteiger partial charge in [0.05, 0.1) is 51.4 Å². The molecule has 71 heavy (non-hydrogen) atoms. The van der Waals surface area contributed by atoms with E-state index in [0.717, 1.165) is 47.9 Å². The summed E-state index contributed by atoms with van der Waals surface area (Å²) in [7, 11) is 3.05. The smallest absolute Gasteiger partial charge is 0.417 e. The number of nitrogens with zero attached hydrogens (tertiary/aromatic N) is 2. The number of rotatable bonds is 26. The van der Waals surface area contributed by atoms with E-state index in [1.54, 1.807) is 48.4 Å². The highest BCUT2D eigenvalue weighted by atomic mass is 16.7. The summed E-state index contributed by atoms with van der Waals surface area (Å²) in [5.74, 6) is -0.795. The van der Waals surface area contributed by atoms with Crippen LogP contribution in [0.3, 0.4) is 0 Å². The van der Waals surface area contributed by atoms with Crippen LogP contribution in [0.2, 0.25) is 0 Å². The van der Waals surface area contributed by atoms with Crippen molar-refractivity contribution in [1.82, 2.24) is 4.90 Å². The maximum absolute atomic E-state index is 14.7. The molecule has 4 aromatic carbocycles. The lowest BCUT2D eigenvalue weighted by molar-refractivity contribution is -0.255. The molecule has 2 aliphatic carbocycles. The fourth-order valence-electron chi connectivity index (χ4n) is 10.3. The maximum atomic E-state index is 14.7. The molecule has 0 saturated heterocycles. The molecule has 6 atom stereocenters. The number of benzene rings is 4. The molecule has 0 unspecified atom stereocenters. The van der Waals surface area contributed by atoms with Crippen molar-refractivity contribution in [2.75, 3.05) is 59.1 Å². The van der Waals surface area contributed by atoms with Gasteiger partial charge in [0.15, 0.2) is 0 Å². The highest BCUT2D eigenvalue weighted by molar-refractivity contribution is 6.03. The summed E-state index contributed by atoms with van der Waals surface area (Å²) in [5.41, 5.74) is 4.65. The van der Waals surface area contributed by atoms with Crippen molar-refractivity contribution in [2.24, 2.45) is 22.9 Å². The molecule has 1 heterocycles. The second-order valence-corrected chi connectivity index (χ2v) is 18.0. The summed E-state index contributed by atoms with van der Waals surface area (Å²) in [6, 6.07) is 29.2. The number of aliphatic hydroxyl groups is 2. The summed E-state index contributed by atoms with van der Waals surface area (Å²) >= 11 is 0. The van der Waals surface area contributed by atoms with E-state index >= 15 is 0 Å². The number of nitrogens with one attached hydrogen (secondary N) is 1. The molecule has 1 saturated carbocycles. The van der Waals surface area contributed by atoms with E-state index in [9.17, 15) is 19.8 Å². The van der Waals surface area contributed by atoms with Gasteiger partial charge in [-0.3, -0.25) is 10.2 Å². The third kappa shape index (κ3) is 12.9. The van der Waals surface area contributed by atoms with Gasteiger partial charge in [0.2, 0.25) is 5.79 Å². The topological polar surface area (TPSA) is 176 Å². The zero-order valence-corrected chi connectivity index (χ0v) is 41.2. The second-order valence-electron chi connectivity index (χ2n) is 18.0. The molecule has 2 amide bonds. The molecule has 15 nitrogen and oxygen atoms in total. The first kappa shape index (κ1) is 52.4. The molecular formula is C56H69N3O12. The number of carbonyl (C=O) groups excluding carboxylic acids is 2. The van der Waals surface area contributed by atoms with Gasteiger partial charge in [-0.05, 0) is 91.0 Å². The average molecular weight is 976 g/mol. The van der Waals surface area contributed by atoms with Gasteiger partial charge in [-0.1, -0.05) is 97.7 Å². The van der Waals surface area contributed by atoms with Gasteiger partial charge in [0.1, 0.15) is 42.3 Å². The van der Waals surface area contributed by atoms with E-state index in [1.165, 1.54) is 7.11 Å². The fraction of sp³-hybridized carbons (Fsp3) is 0.446. The van der Waals surface area contributed by atoms with Gasteiger partial charge in [-0.25, -0.2) is 9.59 Å². The summed E-state index contributed by atoms with van der Waals surface area (Å²) in [4.78, 5) is 36.3. The normalized spacial score (nSPS) is 21.4. The molecule has 3 aliphatic rings. The molecule has 1 aliphatic heterocycles. The third-order valence-electron chi connectivity index (χ3n) is 13.4. The highest BCUT2D eigenvalue weighted by Crippen LogP contribution is 2.62. The number of methoxy groups -OCH3 is 2. The van der Waals surface area contributed by atoms with E-state index in [4.69, 9.17) is 43.2 Å². The number of unbranched alkanes of at least 4 members (excludes halogenated alkanes) is 2. The average Bonchev–Trinajstić information content (AvgIpc) is 3.39. The lowest BCUT2D eigenvalue weighted by Gasteiger charge is -2.59. The van der Waals surface area contributed by atoms with Crippen LogP contribution in [0.5, 0.6) is 23.0 Å². The van der Waals surface area contributed by atoms with Crippen LogP contribution in [0.4, 0.5) is 15.3 Å². The number of hydrogen-bond acceptors (Lipinski definition) is 13. The number of aliphatic hydroxyl groups excluding tert-OH is 2. The number of allylic oxidation sites excluding steroid dienone is 1. The summed E-state index contributed by atoms with van der Waals surface area (Å²) < 4.78 is 43.3. The second kappa shape index (κ2) is 26.2. The van der Waals surface area contributed by atoms with Crippen LogP contribution in [0.15, 0.2) is 127 Å². The number of anilines is 1. The first-order valence-corrected chi connectivity index (χ1v) is 24.8. The Kier molecular flexibility index (Phi) is 19.3. The van der Waals surface area contributed by atoms with Crippen LogP contribution >= 0.6 is 0 Å². The van der Waals surface area contributed by atoms with Crippen molar-refractivity contribution in [3.8, 4) is 23.0 Å². The van der Waals surface area contributed by atoms with E-state index in [0.29, 0.717) is 61.1 Å². The van der Waals surface area contributed by atoms with E-state index < -0.39 is 29.9 Å². The molecule has 7 rings (SSSR count). The van der Waals surface area contributed by atoms with Gasteiger partial charge in [0, 0.05) is 43.7 Å². The molecule has 380 valence electrons. The van der Waals surface area contributed by atoms with Crippen LogP contribution in [0.25, 0.3) is 0 Å². The standard InChI is InChI=1S/C56H69N3O12/c1-5-27-59(55(63)67-32-31-66-37-39-17-9-7-10-18-39)51-36-48(58-69-38-40-19-11-8-12-20-40)45-33-41(21-13-15-28-60)44(22-14-16-29-61)52-46-34-43(24-26-49(46)71-56(51,53(45)52)68-30-6-2)70-54(62)57-47-25-23-42(64-3)35-50(47)65-4/h6-12,17-20,23-26,33-35,41,44,51-53,60-61H,2,5,13-16,21-22,27-32,36-38H2,1,3-4H3,(H,57,62)/t41-,44+,51-,52+,53+,56+/m0/s1. The Labute approximate surface area is 417 Å². The Hall–Kier alpha value is -6.39. The minimum Gasteiger partial charge on any atom is -0.497 e. The van der Waals surface area contributed by atoms with Crippen molar-refractivity contribution in [3.63, 3.8) is 0 Å². The Morgan fingerprint density at radius 2 is 1.59 bits per heavy atom. The van der Waals surface area contributed by atoms with Gasteiger partial charge >= 0.3 is 12.2 Å². The van der Waals surface area contributed by atoms with E-state index in [-0.39, 0.29) is 69.6 Å². The Bertz CT molecular complexity index is 2410. The predicted molar refractivity (Wildman–Crippen MR) is 270 cm³/mol. The summed E-state index contributed by atoms with van der Waals surface area (Å²) in [5, 5.41) is 27.8. The quantitative estimate of drug-likeness (QED) is 0.0309. The van der Waals surface area contributed by atoms with Crippen molar-refractivity contribution in [2.45, 2.75) is 89.3 Å². The molecule has 0 spiro atoms. The Morgan fingerprint density at radius 3 is 2.28 bits per heavy atom. The Morgan fingerprint density at radius 1 is 0.873 bits per heavy atom. The fourth-order valence-corrected chi connectivity index (χ4v) is 10.3. The summed E-state index contributed by atoms with van der Waals surface area (Å²) in [6.45, 7) is 7.34.